The zero-order chi connectivity index (χ0) is 17.4. The van der Waals surface area contributed by atoms with E-state index in [4.69, 9.17) is 12.2 Å². The monoisotopic (exact) mass is 420 g/mol. The van der Waals surface area contributed by atoms with Crippen molar-refractivity contribution in [2.45, 2.75) is 13.8 Å². The summed E-state index contributed by atoms with van der Waals surface area (Å²) in [4.78, 5) is 27.3. The Morgan fingerprint density at radius 1 is 1.17 bits per heavy atom. The average molecular weight is 421 g/mol. The molecule has 2 amide bonds. The number of halogens is 1. The predicted octanol–water partition coefficient (Wildman–Crippen LogP) is 3.96. The van der Waals surface area contributed by atoms with E-state index in [2.05, 4.69) is 21.2 Å². The molecule has 1 fully saturated rings. The fraction of sp³-hybridized carbons (Fsp3) is 0.118. The first kappa shape index (κ1) is 17.0. The number of carbonyl (C=O) groups excluding carboxylic acids is 2. The number of hydrogen-bond donors (Lipinski definition) is 1. The third-order valence-corrected chi connectivity index (χ3v) is 5.37. The molecule has 24 heavy (non-hydrogen) atoms. The second kappa shape index (κ2) is 6.58. The van der Waals surface area contributed by atoms with Gasteiger partial charge in [-0.15, -0.1) is 11.3 Å². The van der Waals surface area contributed by atoms with Gasteiger partial charge in [-0.2, -0.15) is 0 Å². The predicted molar refractivity (Wildman–Crippen MR) is 104 cm³/mol. The van der Waals surface area contributed by atoms with Crippen LogP contribution in [0.15, 0.2) is 39.7 Å². The molecule has 0 atom stereocenters. The van der Waals surface area contributed by atoms with E-state index in [1.54, 1.807) is 6.08 Å². The van der Waals surface area contributed by atoms with Crippen molar-refractivity contribution in [3.8, 4) is 0 Å². The molecule has 0 radical (unpaired) electrons. The molecule has 4 nitrogen and oxygen atoms in total. The Bertz CT molecular complexity index is 881. The van der Waals surface area contributed by atoms with Gasteiger partial charge in [-0.05, 0) is 77.4 Å². The topological polar surface area (TPSA) is 49.4 Å². The molecule has 2 heterocycles. The highest BCUT2D eigenvalue weighted by Crippen LogP contribution is 2.26. The Labute approximate surface area is 157 Å². The Morgan fingerprint density at radius 3 is 2.42 bits per heavy atom. The van der Waals surface area contributed by atoms with E-state index < -0.39 is 11.8 Å². The van der Waals surface area contributed by atoms with E-state index in [0.717, 1.165) is 20.5 Å². The van der Waals surface area contributed by atoms with Crippen LogP contribution in [0.25, 0.3) is 6.08 Å². The van der Waals surface area contributed by atoms with E-state index in [9.17, 15) is 9.59 Å². The van der Waals surface area contributed by atoms with Gasteiger partial charge in [-0.3, -0.25) is 19.8 Å². The van der Waals surface area contributed by atoms with E-state index in [1.807, 2.05) is 43.5 Å². The summed E-state index contributed by atoms with van der Waals surface area (Å²) in [5.74, 6) is -0.895. The van der Waals surface area contributed by atoms with E-state index >= 15 is 0 Å². The maximum atomic E-state index is 12.9. The van der Waals surface area contributed by atoms with Crippen LogP contribution >= 0.6 is 39.5 Å². The molecule has 1 aromatic heterocycles. The Balaban J connectivity index is 2.04. The van der Waals surface area contributed by atoms with Crippen molar-refractivity contribution >= 4 is 68.2 Å². The van der Waals surface area contributed by atoms with Gasteiger partial charge in [0.2, 0.25) is 0 Å². The SMILES string of the molecule is Cc1cc(C)cc(N2C(=O)/C(=C/c3cc(Br)cs3)C(=O)NC2=S)c1. The second-order valence-corrected chi connectivity index (χ2v) is 7.72. The summed E-state index contributed by atoms with van der Waals surface area (Å²) >= 11 is 10.0. The molecule has 0 saturated carbocycles. The number of anilines is 1. The van der Waals surface area contributed by atoms with Crippen molar-refractivity contribution in [3.05, 3.63) is 55.7 Å². The van der Waals surface area contributed by atoms with Gasteiger partial charge in [-0.25, -0.2) is 0 Å². The van der Waals surface area contributed by atoms with Gasteiger partial charge in [0.25, 0.3) is 11.8 Å². The lowest BCUT2D eigenvalue weighted by Gasteiger charge is -2.29. The third kappa shape index (κ3) is 3.33. The minimum atomic E-state index is -0.477. The van der Waals surface area contributed by atoms with Crippen LogP contribution in [-0.4, -0.2) is 16.9 Å². The molecule has 0 spiro atoms. The van der Waals surface area contributed by atoms with E-state index in [1.165, 1.54) is 16.2 Å². The maximum Gasteiger partial charge on any atom is 0.270 e. The number of carbonyl (C=O) groups is 2. The van der Waals surface area contributed by atoms with Gasteiger partial charge in [0.1, 0.15) is 5.57 Å². The van der Waals surface area contributed by atoms with Crippen molar-refractivity contribution in [2.75, 3.05) is 4.90 Å². The minimum Gasteiger partial charge on any atom is -0.298 e. The normalized spacial score (nSPS) is 16.7. The molecular weight excluding hydrogens is 408 g/mol. The van der Waals surface area contributed by atoms with Gasteiger partial charge >= 0.3 is 0 Å². The number of rotatable bonds is 2. The fourth-order valence-corrected chi connectivity index (χ4v) is 4.18. The molecule has 1 aliphatic heterocycles. The van der Waals surface area contributed by atoms with Crippen LogP contribution in [0.2, 0.25) is 0 Å². The second-order valence-electron chi connectivity index (χ2n) is 5.47. The van der Waals surface area contributed by atoms with Crippen molar-refractivity contribution < 1.29 is 9.59 Å². The van der Waals surface area contributed by atoms with Crippen LogP contribution < -0.4 is 10.2 Å². The van der Waals surface area contributed by atoms with Gasteiger partial charge in [0.05, 0.1) is 5.69 Å². The molecular formula is C17H13BrN2O2S2. The molecule has 3 rings (SSSR count). The highest BCUT2D eigenvalue weighted by Gasteiger charge is 2.34. The Morgan fingerprint density at radius 2 is 1.83 bits per heavy atom. The van der Waals surface area contributed by atoms with Crippen LogP contribution in [0.3, 0.4) is 0 Å². The molecule has 1 aromatic carbocycles. The molecule has 1 aliphatic rings. The van der Waals surface area contributed by atoms with E-state index in [0.29, 0.717) is 5.69 Å². The lowest BCUT2D eigenvalue weighted by Crippen LogP contribution is -2.54. The summed E-state index contributed by atoms with van der Waals surface area (Å²) in [5.41, 5.74) is 2.76. The summed E-state index contributed by atoms with van der Waals surface area (Å²) in [6, 6.07) is 7.60. The van der Waals surface area contributed by atoms with Crippen molar-refractivity contribution in [2.24, 2.45) is 0 Å². The van der Waals surface area contributed by atoms with Gasteiger partial charge in [-0.1, -0.05) is 6.07 Å². The lowest BCUT2D eigenvalue weighted by atomic mass is 10.1. The zero-order valence-corrected chi connectivity index (χ0v) is 16.1. The van der Waals surface area contributed by atoms with Crippen molar-refractivity contribution in [1.82, 2.24) is 5.32 Å². The molecule has 7 heteroatoms. The number of thiophene rings is 1. The first-order chi connectivity index (χ1) is 11.3. The summed E-state index contributed by atoms with van der Waals surface area (Å²) < 4.78 is 0.907. The van der Waals surface area contributed by atoms with Crippen LogP contribution in [0, 0.1) is 13.8 Å². The summed E-state index contributed by atoms with van der Waals surface area (Å²) in [7, 11) is 0. The van der Waals surface area contributed by atoms with E-state index in [-0.39, 0.29) is 10.7 Å². The van der Waals surface area contributed by atoms with Crippen molar-refractivity contribution in [1.29, 1.82) is 0 Å². The molecule has 0 bridgehead atoms. The van der Waals surface area contributed by atoms with Crippen LogP contribution in [-0.2, 0) is 9.59 Å². The number of nitrogens with one attached hydrogen (secondary N) is 1. The van der Waals surface area contributed by atoms with Gasteiger partial charge in [0.15, 0.2) is 5.11 Å². The number of benzene rings is 1. The first-order valence-electron chi connectivity index (χ1n) is 7.09. The Kier molecular flexibility index (Phi) is 4.67. The van der Waals surface area contributed by atoms with Crippen LogP contribution in [0.4, 0.5) is 5.69 Å². The van der Waals surface area contributed by atoms with Gasteiger partial charge < -0.3 is 0 Å². The third-order valence-electron chi connectivity index (χ3n) is 3.44. The number of amides is 2. The summed E-state index contributed by atoms with van der Waals surface area (Å²) in [5, 5.41) is 4.59. The standard InChI is InChI=1S/C17H13BrN2O2S2/c1-9-3-10(2)5-12(4-9)20-16(22)14(15(21)19-17(20)23)7-13-6-11(18)8-24-13/h3-8H,1-2H3,(H,19,21,23)/b14-7+. The Hall–Kier alpha value is -1.83. The zero-order valence-electron chi connectivity index (χ0n) is 12.9. The number of hydrogen-bond acceptors (Lipinski definition) is 4. The number of nitrogens with zero attached hydrogens (tertiary/aromatic N) is 1. The molecule has 122 valence electrons. The maximum absolute atomic E-state index is 12.9. The lowest BCUT2D eigenvalue weighted by molar-refractivity contribution is -0.122. The molecule has 1 saturated heterocycles. The highest BCUT2D eigenvalue weighted by molar-refractivity contribution is 9.10. The van der Waals surface area contributed by atoms with Crippen LogP contribution in [0.1, 0.15) is 16.0 Å². The average Bonchev–Trinajstić information content (AvgIpc) is 2.87. The summed E-state index contributed by atoms with van der Waals surface area (Å²) in [6.45, 7) is 3.90. The first-order valence-corrected chi connectivity index (χ1v) is 9.17. The smallest absolute Gasteiger partial charge is 0.270 e. The van der Waals surface area contributed by atoms with Crippen molar-refractivity contribution in [3.63, 3.8) is 0 Å². The molecule has 1 N–H and O–H groups in total. The highest BCUT2D eigenvalue weighted by atomic mass is 79.9. The minimum absolute atomic E-state index is 0.0668. The molecule has 0 unspecified atom stereocenters. The van der Waals surface area contributed by atoms with Crippen LogP contribution in [0.5, 0.6) is 0 Å². The fourth-order valence-electron chi connectivity index (χ4n) is 2.52. The quantitative estimate of drug-likeness (QED) is 0.454. The molecule has 0 aliphatic carbocycles. The number of aryl methyl sites for hydroxylation is 2. The summed E-state index contributed by atoms with van der Waals surface area (Å²) in [6.07, 6.45) is 1.59. The largest absolute Gasteiger partial charge is 0.298 e. The van der Waals surface area contributed by atoms with Gasteiger partial charge in [0, 0.05) is 14.7 Å². The number of thiocarbonyl (C=S) groups is 1. The molecule has 2 aromatic rings.